The molecular weight excluding hydrogens is 291 g/mol. The first-order valence-electron chi connectivity index (χ1n) is 4.14. The van der Waals surface area contributed by atoms with Gasteiger partial charge in [0.05, 0.1) is 0 Å². The molecule has 0 atom stereocenters. The monoisotopic (exact) mass is 306 g/mol. The SMILES string of the molecule is CCCSSSS.COCCO[O][Al]=[O]. The molecular formula is C6H15AlO4S4. The minimum atomic E-state index is -1.25. The predicted octanol–water partition coefficient (Wildman–Crippen LogP) is 2.82. The Morgan fingerprint density at radius 2 is 2.13 bits per heavy atom. The third-order valence-electron chi connectivity index (χ3n) is 0.844. The topological polar surface area (TPSA) is 44.8 Å². The molecule has 0 rings (SSSR count). The maximum atomic E-state index is 9.59. The van der Waals surface area contributed by atoms with Gasteiger partial charge < -0.3 is 0 Å². The van der Waals surface area contributed by atoms with Crippen LogP contribution in [0.5, 0.6) is 0 Å². The maximum absolute atomic E-state index is 9.59. The van der Waals surface area contributed by atoms with Crippen molar-refractivity contribution in [3.63, 3.8) is 0 Å². The van der Waals surface area contributed by atoms with Crippen molar-refractivity contribution in [2.24, 2.45) is 0 Å². The quantitative estimate of drug-likeness (QED) is 0.175. The van der Waals surface area contributed by atoms with E-state index in [-0.39, 0.29) is 0 Å². The van der Waals surface area contributed by atoms with Gasteiger partial charge in [0.1, 0.15) is 0 Å². The van der Waals surface area contributed by atoms with Crippen molar-refractivity contribution in [1.82, 2.24) is 0 Å². The second-order valence-corrected chi connectivity index (χ2v) is 7.41. The Balaban J connectivity index is 0. The number of hydrogen-bond donors (Lipinski definition) is 1. The van der Waals surface area contributed by atoms with Crippen LogP contribution in [0.1, 0.15) is 13.3 Å². The molecule has 0 aromatic carbocycles. The summed E-state index contributed by atoms with van der Waals surface area (Å²) in [7, 11) is 6.65. The zero-order chi connectivity index (χ0) is 11.8. The summed E-state index contributed by atoms with van der Waals surface area (Å²) in [5.74, 6) is 1.23. The van der Waals surface area contributed by atoms with Gasteiger partial charge in [-0.2, -0.15) is 0 Å². The van der Waals surface area contributed by atoms with E-state index in [2.05, 4.69) is 32.1 Å². The Morgan fingerprint density at radius 1 is 1.40 bits per heavy atom. The van der Waals surface area contributed by atoms with Crippen molar-refractivity contribution in [2.75, 3.05) is 26.1 Å². The van der Waals surface area contributed by atoms with Crippen LogP contribution in [-0.4, -0.2) is 41.6 Å². The first-order valence-corrected chi connectivity index (χ1v) is 9.78. The molecule has 0 aromatic rings. The average Bonchev–Trinajstić information content (AvgIpc) is 2.26. The first-order chi connectivity index (χ1) is 7.33. The Bertz CT molecular complexity index is 117. The number of rotatable bonds is 9. The minimum absolute atomic E-state index is 0.325. The van der Waals surface area contributed by atoms with Gasteiger partial charge in [0.2, 0.25) is 0 Å². The van der Waals surface area contributed by atoms with E-state index >= 15 is 0 Å². The van der Waals surface area contributed by atoms with Crippen molar-refractivity contribution in [2.45, 2.75) is 13.3 Å². The van der Waals surface area contributed by atoms with Crippen molar-refractivity contribution in [1.29, 1.82) is 0 Å². The fourth-order valence-electron chi connectivity index (χ4n) is 0.332. The summed E-state index contributed by atoms with van der Waals surface area (Å²) in [5, 5.41) is 0. The van der Waals surface area contributed by atoms with E-state index in [1.807, 2.05) is 10.8 Å². The summed E-state index contributed by atoms with van der Waals surface area (Å²) in [6.45, 7) is 2.96. The van der Waals surface area contributed by atoms with Crippen LogP contribution in [0.25, 0.3) is 0 Å². The second kappa shape index (κ2) is 20.8. The third kappa shape index (κ3) is 25.6. The van der Waals surface area contributed by atoms with Crippen molar-refractivity contribution >= 4 is 57.6 Å². The number of ether oxygens (including phenoxy) is 1. The van der Waals surface area contributed by atoms with Crippen LogP contribution in [0, 0.1) is 0 Å². The molecule has 9 heteroatoms. The zero-order valence-electron chi connectivity index (χ0n) is 8.71. The average molecular weight is 306 g/mol. The second-order valence-electron chi connectivity index (χ2n) is 1.97. The molecule has 0 radical (unpaired) electrons. The molecule has 0 saturated heterocycles. The van der Waals surface area contributed by atoms with Crippen LogP contribution in [-0.2, 0) is 17.4 Å². The zero-order valence-corrected chi connectivity index (χ0v) is 13.2. The van der Waals surface area contributed by atoms with E-state index in [0.717, 1.165) is 0 Å². The van der Waals surface area contributed by atoms with Crippen LogP contribution in [0.15, 0.2) is 0 Å². The fraction of sp³-hybridized carbons (Fsp3) is 1.00. The molecule has 0 aromatic heterocycles. The van der Waals surface area contributed by atoms with Gasteiger partial charge in [0, 0.05) is 5.75 Å². The van der Waals surface area contributed by atoms with Gasteiger partial charge >= 0.3 is 53.2 Å². The molecule has 90 valence electrons. The van der Waals surface area contributed by atoms with Crippen LogP contribution in [0.3, 0.4) is 0 Å². The summed E-state index contributed by atoms with van der Waals surface area (Å²) < 4.78 is 18.3. The molecule has 0 heterocycles. The number of methoxy groups -OCH3 is 1. The summed E-state index contributed by atoms with van der Waals surface area (Å²) in [6, 6.07) is 0. The molecule has 0 amide bonds. The summed E-state index contributed by atoms with van der Waals surface area (Å²) in [4.78, 5) is 4.32. The van der Waals surface area contributed by atoms with Crippen LogP contribution in [0.2, 0.25) is 0 Å². The molecule has 0 fully saturated rings. The Hall–Kier alpha value is 1.45. The summed E-state index contributed by atoms with van der Waals surface area (Å²) in [5.41, 5.74) is 0. The van der Waals surface area contributed by atoms with E-state index < -0.39 is 15.5 Å². The molecule has 0 saturated carbocycles. The molecule has 0 N–H and O–H groups in total. The van der Waals surface area contributed by atoms with E-state index in [0.29, 0.717) is 13.2 Å². The van der Waals surface area contributed by atoms with Gasteiger partial charge in [-0.1, -0.05) is 29.4 Å². The van der Waals surface area contributed by atoms with Gasteiger partial charge in [-0.15, -0.1) is 0 Å². The van der Waals surface area contributed by atoms with Crippen molar-refractivity contribution < 1.29 is 17.4 Å². The molecule has 0 bridgehead atoms. The molecule has 0 aliphatic heterocycles. The standard InChI is InChI=1S/C3H8O3.C3H8S4.Al.O/c1-5-2-3-6-4;1-2-3-5-7-6-4;;/h4H,2-3H2,1H3;4H,2-3H2,1H3;;/q;;+1;/p-1. The van der Waals surface area contributed by atoms with E-state index in [9.17, 15) is 3.80 Å². The van der Waals surface area contributed by atoms with Gasteiger partial charge in [-0.25, -0.2) is 0 Å². The number of hydrogen-bond acceptors (Lipinski definition) is 8. The van der Waals surface area contributed by atoms with Gasteiger partial charge in [0.25, 0.3) is 0 Å². The summed E-state index contributed by atoms with van der Waals surface area (Å²) in [6.07, 6.45) is 1.26. The number of thiol groups is 1. The fourth-order valence-corrected chi connectivity index (χ4v) is 3.76. The van der Waals surface area contributed by atoms with Gasteiger partial charge in [-0.3, -0.25) is 0 Å². The molecule has 4 nitrogen and oxygen atoms in total. The van der Waals surface area contributed by atoms with E-state index in [1.54, 1.807) is 16.9 Å². The normalized spacial score (nSPS) is 8.73. The van der Waals surface area contributed by atoms with Crippen molar-refractivity contribution in [3.8, 4) is 0 Å². The van der Waals surface area contributed by atoms with Gasteiger partial charge in [0.15, 0.2) is 0 Å². The van der Waals surface area contributed by atoms with Crippen molar-refractivity contribution in [3.05, 3.63) is 0 Å². The molecule has 0 aliphatic carbocycles. The predicted molar refractivity (Wildman–Crippen MR) is 72.3 cm³/mol. The Labute approximate surface area is 114 Å². The third-order valence-corrected chi connectivity index (χ3v) is 5.82. The van der Waals surface area contributed by atoms with Gasteiger partial charge in [-0.05, 0) is 26.1 Å². The molecule has 15 heavy (non-hydrogen) atoms. The van der Waals surface area contributed by atoms with E-state index in [1.165, 1.54) is 22.0 Å². The Kier molecular flexibility index (Phi) is 26.1. The van der Waals surface area contributed by atoms with Crippen LogP contribution < -0.4 is 0 Å². The molecule has 0 spiro atoms. The molecule has 0 aliphatic rings. The van der Waals surface area contributed by atoms with E-state index in [4.69, 9.17) is 0 Å². The summed E-state index contributed by atoms with van der Waals surface area (Å²) >= 11 is 2.70. The first kappa shape index (κ1) is 18.8. The van der Waals surface area contributed by atoms with Crippen LogP contribution >= 0.6 is 42.1 Å². The Morgan fingerprint density at radius 3 is 2.60 bits per heavy atom. The van der Waals surface area contributed by atoms with Crippen LogP contribution in [0.4, 0.5) is 0 Å². The molecule has 0 unspecified atom stereocenters.